The Bertz CT molecular complexity index is 1630. The molecule has 2 fully saturated rings. The monoisotopic (exact) mass is 668 g/mol. The quantitative estimate of drug-likeness (QED) is 0.121. The highest BCUT2D eigenvalue weighted by atomic mass is 32.2. The minimum absolute atomic E-state index is 0.114. The normalized spacial score (nSPS) is 31.7. The summed E-state index contributed by atoms with van der Waals surface area (Å²) in [4.78, 5) is 7.85. The van der Waals surface area contributed by atoms with Gasteiger partial charge in [0, 0.05) is 23.5 Å². The van der Waals surface area contributed by atoms with Gasteiger partial charge >= 0.3 is 0 Å². The minimum atomic E-state index is -1.67. The van der Waals surface area contributed by atoms with E-state index in [0.29, 0.717) is 23.4 Å². The molecular weight excluding hydrogens is 641 g/mol. The molecule has 4 aromatic rings. The number of nitrogens with zero attached hydrogens (tertiary/aromatic N) is 8. The van der Waals surface area contributed by atoms with Crippen molar-refractivity contribution in [1.82, 2.24) is 40.0 Å². The molecule has 0 amide bonds. The summed E-state index contributed by atoms with van der Waals surface area (Å²) in [6.07, 6.45) is -1.77. The predicted molar refractivity (Wildman–Crippen MR) is 148 cm³/mol. The molecule has 6 rings (SSSR count). The summed E-state index contributed by atoms with van der Waals surface area (Å²) < 4.78 is 54.8. The smallest absolute Gasteiger partial charge is 0.194 e. The molecule has 2 aliphatic heterocycles. The van der Waals surface area contributed by atoms with Crippen LogP contribution in [0.4, 0.5) is 13.2 Å². The fourth-order valence-corrected chi connectivity index (χ4v) is 6.68. The number of aliphatic hydroxyl groups excluding tert-OH is 6. The van der Waals surface area contributed by atoms with Gasteiger partial charge in [-0.05, 0) is 12.1 Å². The van der Waals surface area contributed by atoms with Crippen LogP contribution in [-0.4, -0.2) is 131 Å². The van der Waals surface area contributed by atoms with Crippen molar-refractivity contribution in [2.24, 2.45) is 0 Å². The maximum absolute atomic E-state index is 13.8. The van der Waals surface area contributed by atoms with Crippen molar-refractivity contribution in [3.8, 4) is 22.5 Å². The number of aliphatic hydroxyl groups is 6. The molecule has 10 atom stereocenters. The predicted octanol–water partition coefficient (Wildman–Crippen LogP) is -1.20. The van der Waals surface area contributed by atoms with Crippen molar-refractivity contribution in [2.45, 2.75) is 59.6 Å². The Morgan fingerprint density at radius 2 is 1.15 bits per heavy atom. The average molecular weight is 669 g/mol. The largest absolute Gasteiger partial charge is 0.394 e. The summed E-state index contributed by atoms with van der Waals surface area (Å²) in [6, 6.07) is -1.13. The lowest BCUT2D eigenvalue weighted by molar-refractivity contribution is -0.189. The number of benzene rings is 1. The van der Waals surface area contributed by atoms with Gasteiger partial charge in [0.2, 0.25) is 0 Å². The van der Waals surface area contributed by atoms with Gasteiger partial charge in [-0.1, -0.05) is 22.2 Å². The van der Waals surface area contributed by atoms with E-state index in [0.717, 1.165) is 22.6 Å². The maximum Gasteiger partial charge on any atom is 0.194 e. The highest BCUT2D eigenvalue weighted by Crippen LogP contribution is 2.42. The number of hydrogen-bond acceptors (Lipinski definition) is 15. The Labute approximate surface area is 261 Å². The standard InChI is InChI=1S/C26H27F3N8O8S/c27-12-1-10(2-13(28)18(12)29)14-5-36(34-32-14)19-21(40)16(7-38)44-25(23(19)42)46-26-24(43)20(22(41)17(8-39)45-26)37-6-15(33-35-37)11-3-30-9-31-4-11/h1-6,9,16-17,19-26,38-43H,7-8H2/t16?,17-,19?,20?,21+,22?,23?,24-,25+,26+/m1/s1. The van der Waals surface area contributed by atoms with Crippen molar-refractivity contribution in [3.63, 3.8) is 0 Å². The summed E-state index contributed by atoms with van der Waals surface area (Å²) >= 11 is 0.736. The first-order valence-corrected chi connectivity index (χ1v) is 14.7. The van der Waals surface area contributed by atoms with E-state index in [1.165, 1.54) is 29.6 Å². The van der Waals surface area contributed by atoms with Gasteiger partial charge < -0.3 is 40.1 Å². The van der Waals surface area contributed by atoms with Crippen LogP contribution in [0.5, 0.6) is 0 Å². The molecule has 5 heterocycles. The average Bonchev–Trinajstić information content (AvgIpc) is 3.74. The van der Waals surface area contributed by atoms with Gasteiger partial charge in [0.1, 0.15) is 77.3 Å². The van der Waals surface area contributed by atoms with Gasteiger partial charge in [0.15, 0.2) is 17.5 Å². The number of halogens is 3. The molecule has 6 N–H and O–H groups in total. The summed E-state index contributed by atoms with van der Waals surface area (Å²) in [5, 5.41) is 80.3. The van der Waals surface area contributed by atoms with Crippen LogP contribution in [0.2, 0.25) is 0 Å². The first-order chi connectivity index (χ1) is 22.1. The van der Waals surface area contributed by atoms with E-state index in [2.05, 4.69) is 30.6 Å². The zero-order valence-corrected chi connectivity index (χ0v) is 24.2. The molecular formula is C26H27F3N8O8S. The second-order valence-electron chi connectivity index (χ2n) is 10.6. The second kappa shape index (κ2) is 13.3. The lowest BCUT2D eigenvalue weighted by Crippen LogP contribution is -2.58. The fraction of sp³-hybridized carbons (Fsp3) is 0.462. The number of ether oxygens (including phenoxy) is 2. The molecule has 3 aromatic heterocycles. The molecule has 20 heteroatoms. The Morgan fingerprint density at radius 1 is 0.696 bits per heavy atom. The van der Waals surface area contributed by atoms with E-state index >= 15 is 0 Å². The zero-order valence-electron chi connectivity index (χ0n) is 23.3. The number of thioether (sulfide) groups is 1. The van der Waals surface area contributed by atoms with Gasteiger partial charge in [-0.25, -0.2) is 32.5 Å². The van der Waals surface area contributed by atoms with Crippen molar-refractivity contribution >= 4 is 11.8 Å². The van der Waals surface area contributed by atoms with E-state index in [9.17, 15) is 43.8 Å². The second-order valence-corrected chi connectivity index (χ2v) is 11.8. The van der Waals surface area contributed by atoms with Gasteiger partial charge in [-0.3, -0.25) is 0 Å². The molecule has 0 aliphatic carbocycles. The highest BCUT2D eigenvalue weighted by Gasteiger charge is 2.51. The highest BCUT2D eigenvalue weighted by molar-refractivity contribution is 8.00. The van der Waals surface area contributed by atoms with Crippen molar-refractivity contribution in [3.05, 3.63) is 60.7 Å². The molecule has 16 nitrogen and oxygen atoms in total. The molecule has 246 valence electrons. The van der Waals surface area contributed by atoms with Crippen molar-refractivity contribution in [2.75, 3.05) is 13.2 Å². The van der Waals surface area contributed by atoms with E-state index in [4.69, 9.17) is 9.47 Å². The number of rotatable bonds is 8. The van der Waals surface area contributed by atoms with E-state index in [-0.39, 0.29) is 11.3 Å². The van der Waals surface area contributed by atoms with Crippen LogP contribution in [-0.2, 0) is 9.47 Å². The van der Waals surface area contributed by atoms with Crippen LogP contribution in [0, 0.1) is 17.5 Å². The third kappa shape index (κ3) is 5.98. The number of hydrogen-bond donors (Lipinski definition) is 6. The van der Waals surface area contributed by atoms with E-state index in [1.807, 2.05) is 0 Å². The lowest BCUT2D eigenvalue weighted by Gasteiger charge is -2.46. The van der Waals surface area contributed by atoms with Crippen LogP contribution in [0.1, 0.15) is 12.1 Å². The molecule has 46 heavy (non-hydrogen) atoms. The van der Waals surface area contributed by atoms with Crippen molar-refractivity contribution in [1.29, 1.82) is 0 Å². The molecule has 0 saturated carbocycles. The molecule has 2 aliphatic rings. The number of aromatic nitrogens is 8. The Hall–Kier alpha value is -3.60. The summed E-state index contributed by atoms with van der Waals surface area (Å²) in [7, 11) is 0. The molecule has 0 bridgehead atoms. The topological polar surface area (TPSA) is 227 Å². The minimum Gasteiger partial charge on any atom is -0.394 e. The zero-order chi connectivity index (χ0) is 32.7. The van der Waals surface area contributed by atoms with Gasteiger partial charge in [-0.2, -0.15) is 0 Å². The van der Waals surface area contributed by atoms with Gasteiger partial charge in [-0.15, -0.1) is 10.2 Å². The van der Waals surface area contributed by atoms with E-state index in [1.54, 1.807) is 0 Å². The molecule has 5 unspecified atom stereocenters. The third-order valence-electron chi connectivity index (χ3n) is 7.73. The Kier molecular flexibility index (Phi) is 9.32. The van der Waals surface area contributed by atoms with Crippen LogP contribution in [0.25, 0.3) is 22.5 Å². The third-order valence-corrected chi connectivity index (χ3v) is 9.05. The lowest BCUT2D eigenvalue weighted by atomic mass is 9.97. The van der Waals surface area contributed by atoms with Crippen LogP contribution in [0.3, 0.4) is 0 Å². The Balaban J connectivity index is 1.25. The van der Waals surface area contributed by atoms with Gasteiger partial charge in [0.25, 0.3) is 0 Å². The van der Waals surface area contributed by atoms with E-state index < -0.39 is 90.2 Å². The molecule has 1 aromatic carbocycles. The molecule has 0 spiro atoms. The first kappa shape index (κ1) is 32.3. The van der Waals surface area contributed by atoms with Crippen LogP contribution in [0.15, 0.2) is 43.2 Å². The van der Waals surface area contributed by atoms with Gasteiger partial charge in [0.05, 0.1) is 25.6 Å². The summed E-state index contributed by atoms with van der Waals surface area (Å²) in [6.45, 7) is -1.37. The molecule has 2 saturated heterocycles. The van der Waals surface area contributed by atoms with Crippen LogP contribution >= 0.6 is 11.8 Å². The summed E-state index contributed by atoms with van der Waals surface area (Å²) in [5.74, 6) is -4.59. The fourth-order valence-electron chi connectivity index (χ4n) is 5.36. The molecule has 0 radical (unpaired) electrons. The first-order valence-electron chi connectivity index (χ1n) is 13.8. The van der Waals surface area contributed by atoms with Crippen LogP contribution < -0.4 is 0 Å². The van der Waals surface area contributed by atoms with Crippen molar-refractivity contribution < 1.29 is 53.3 Å². The Morgan fingerprint density at radius 3 is 1.61 bits per heavy atom. The maximum atomic E-state index is 13.8. The summed E-state index contributed by atoms with van der Waals surface area (Å²) in [5.41, 5.74) is -2.03. The SMILES string of the molecule is OCC1O[C@@H](S[C@@H]2O[C@H](CO)C(O)C(n3cc(-c4cncnc4)nn3)[C@H]2O)C(O)C(n2cc(-c3cc(F)c(F)c(F)c3)nn2)[C@H]1O.